The van der Waals surface area contributed by atoms with Gasteiger partial charge in [0.25, 0.3) is 0 Å². The molecule has 0 unspecified atom stereocenters. The van der Waals surface area contributed by atoms with Gasteiger partial charge in [0.05, 0.1) is 12.2 Å². The largest absolute Gasteiger partial charge is 0.488 e. The standard InChI is InChI=1S/C35H31F7O/c1-3-5-6-7-27(36)34(42)24-14-15-26(28(37)18-24)25-19-29(38)33(30(39)20-25)23-12-10-21(11-13-23)8-9-22-16-31(40)35(43-4-2)32(41)17-22/h10-20H,3-9H2,1-2H3/b34-27+. The molecule has 0 saturated heterocycles. The maximum atomic E-state index is 15.1. The maximum absolute atomic E-state index is 15.1. The number of allylic oxidation sites excluding steroid dienone is 1. The molecule has 8 heteroatoms. The molecule has 0 aliphatic rings. The molecule has 0 atom stereocenters. The minimum atomic E-state index is -1.16. The van der Waals surface area contributed by atoms with Crippen LogP contribution in [0.1, 0.15) is 56.2 Å². The zero-order valence-electron chi connectivity index (χ0n) is 23.9. The minimum absolute atomic E-state index is 0.0926. The zero-order valence-corrected chi connectivity index (χ0v) is 23.9. The number of hydrogen-bond donors (Lipinski definition) is 0. The first-order valence-electron chi connectivity index (χ1n) is 14.2. The summed E-state index contributed by atoms with van der Waals surface area (Å²) in [6.07, 6.45) is 2.70. The summed E-state index contributed by atoms with van der Waals surface area (Å²) in [5, 5.41) is 0. The molecule has 0 bridgehead atoms. The third-order valence-electron chi connectivity index (χ3n) is 7.11. The van der Waals surface area contributed by atoms with Crippen molar-refractivity contribution in [3.63, 3.8) is 0 Å². The van der Waals surface area contributed by atoms with Crippen LogP contribution in [0.3, 0.4) is 0 Å². The fourth-order valence-corrected chi connectivity index (χ4v) is 4.85. The van der Waals surface area contributed by atoms with Gasteiger partial charge in [-0.05, 0) is 78.8 Å². The van der Waals surface area contributed by atoms with E-state index in [1.807, 2.05) is 6.92 Å². The molecule has 0 radical (unpaired) electrons. The average molecular weight is 601 g/mol. The predicted molar refractivity (Wildman–Crippen MR) is 155 cm³/mol. The predicted octanol–water partition coefficient (Wildman–Crippen LogP) is 11.1. The first-order chi connectivity index (χ1) is 20.6. The minimum Gasteiger partial charge on any atom is -0.488 e. The van der Waals surface area contributed by atoms with Crippen molar-refractivity contribution in [2.75, 3.05) is 6.61 Å². The highest BCUT2D eigenvalue weighted by Crippen LogP contribution is 2.34. The van der Waals surface area contributed by atoms with Gasteiger partial charge in [-0.2, -0.15) is 0 Å². The Morgan fingerprint density at radius 1 is 0.628 bits per heavy atom. The number of aryl methyl sites for hydroxylation is 2. The molecule has 0 aromatic heterocycles. The van der Waals surface area contributed by atoms with Gasteiger partial charge in [0.2, 0.25) is 0 Å². The molecule has 0 heterocycles. The summed E-state index contributed by atoms with van der Waals surface area (Å²) in [6.45, 7) is 3.69. The SMILES string of the molecule is CCCCC/C(F)=C(\F)c1ccc(-c2cc(F)c(-c3ccc(CCc4cc(F)c(OCC)c(F)c4)cc3)c(F)c2)c(F)c1. The second-order valence-corrected chi connectivity index (χ2v) is 10.2. The van der Waals surface area contributed by atoms with Crippen molar-refractivity contribution in [3.05, 3.63) is 118 Å². The summed E-state index contributed by atoms with van der Waals surface area (Å²) < 4.78 is 107. The van der Waals surface area contributed by atoms with E-state index in [2.05, 4.69) is 0 Å². The Balaban J connectivity index is 1.50. The van der Waals surface area contributed by atoms with Crippen molar-refractivity contribution in [1.82, 2.24) is 0 Å². The van der Waals surface area contributed by atoms with E-state index < -0.39 is 46.5 Å². The molecule has 0 aliphatic heterocycles. The van der Waals surface area contributed by atoms with Crippen molar-refractivity contribution in [2.45, 2.75) is 52.4 Å². The molecular formula is C35H31F7O. The molecule has 4 aromatic rings. The molecule has 0 N–H and O–H groups in total. The number of ether oxygens (including phenoxy) is 1. The van der Waals surface area contributed by atoms with Crippen molar-refractivity contribution in [3.8, 4) is 28.0 Å². The highest BCUT2D eigenvalue weighted by Gasteiger charge is 2.18. The van der Waals surface area contributed by atoms with Crippen LogP contribution in [0.4, 0.5) is 30.7 Å². The van der Waals surface area contributed by atoms with E-state index in [0.29, 0.717) is 24.8 Å². The van der Waals surface area contributed by atoms with Crippen LogP contribution in [0, 0.1) is 29.1 Å². The Hall–Kier alpha value is -4.07. The lowest BCUT2D eigenvalue weighted by atomic mass is 9.96. The smallest absolute Gasteiger partial charge is 0.190 e. The number of benzene rings is 4. The van der Waals surface area contributed by atoms with Crippen LogP contribution in [0.15, 0.2) is 72.6 Å². The molecule has 1 nitrogen and oxygen atoms in total. The van der Waals surface area contributed by atoms with Crippen LogP contribution in [0.25, 0.3) is 28.1 Å². The number of unbranched alkanes of at least 4 members (excludes halogenated alkanes) is 2. The van der Waals surface area contributed by atoms with Crippen molar-refractivity contribution < 1.29 is 35.5 Å². The van der Waals surface area contributed by atoms with Gasteiger partial charge in [-0.25, -0.2) is 30.7 Å². The highest BCUT2D eigenvalue weighted by atomic mass is 19.2. The fourth-order valence-electron chi connectivity index (χ4n) is 4.85. The normalized spacial score (nSPS) is 11.9. The molecule has 0 fully saturated rings. The molecular weight excluding hydrogens is 569 g/mol. The van der Waals surface area contributed by atoms with E-state index in [0.717, 1.165) is 42.7 Å². The Kier molecular flexibility index (Phi) is 10.7. The van der Waals surface area contributed by atoms with Crippen LogP contribution >= 0.6 is 0 Å². The molecule has 43 heavy (non-hydrogen) atoms. The summed E-state index contributed by atoms with van der Waals surface area (Å²) in [5.41, 5.74) is 0.598. The number of halogens is 7. The topological polar surface area (TPSA) is 9.23 Å². The zero-order chi connectivity index (χ0) is 31.1. The Morgan fingerprint density at radius 2 is 1.26 bits per heavy atom. The molecule has 0 aliphatic carbocycles. The Bertz CT molecular complexity index is 1560. The van der Waals surface area contributed by atoms with Gasteiger partial charge in [0.15, 0.2) is 23.2 Å². The van der Waals surface area contributed by atoms with Gasteiger partial charge in [0, 0.05) is 17.5 Å². The third kappa shape index (κ3) is 7.66. The van der Waals surface area contributed by atoms with E-state index >= 15 is 8.78 Å². The van der Waals surface area contributed by atoms with Gasteiger partial charge < -0.3 is 4.74 Å². The van der Waals surface area contributed by atoms with Crippen molar-refractivity contribution in [2.24, 2.45) is 0 Å². The second-order valence-electron chi connectivity index (χ2n) is 10.2. The first kappa shape index (κ1) is 31.9. The second kappa shape index (κ2) is 14.4. The summed E-state index contributed by atoms with van der Waals surface area (Å²) in [6, 6.07) is 13.9. The van der Waals surface area contributed by atoms with Crippen molar-refractivity contribution in [1.29, 1.82) is 0 Å². The lowest BCUT2D eigenvalue weighted by Gasteiger charge is -2.11. The Morgan fingerprint density at radius 3 is 1.84 bits per heavy atom. The summed E-state index contributed by atoms with van der Waals surface area (Å²) in [4.78, 5) is 0. The summed E-state index contributed by atoms with van der Waals surface area (Å²) in [5.74, 6) is -6.92. The van der Waals surface area contributed by atoms with E-state index in [-0.39, 0.29) is 40.8 Å². The lowest BCUT2D eigenvalue weighted by molar-refractivity contribution is 0.302. The highest BCUT2D eigenvalue weighted by molar-refractivity contribution is 5.73. The quantitative estimate of drug-likeness (QED) is 0.116. The third-order valence-corrected chi connectivity index (χ3v) is 7.11. The van der Waals surface area contributed by atoms with Gasteiger partial charge in [-0.15, -0.1) is 0 Å². The van der Waals surface area contributed by atoms with Gasteiger partial charge >= 0.3 is 0 Å². The molecule has 226 valence electrons. The molecule has 0 amide bonds. The van der Waals surface area contributed by atoms with E-state index in [1.165, 1.54) is 30.3 Å². The molecule has 0 spiro atoms. The van der Waals surface area contributed by atoms with Crippen LogP contribution in [0.5, 0.6) is 5.75 Å². The maximum Gasteiger partial charge on any atom is 0.190 e. The van der Waals surface area contributed by atoms with E-state index in [1.54, 1.807) is 19.1 Å². The monoisotopic (exact) mass is 600 g/mol. The van der Waals surface area contributed by atoms with E-state index in [4.69, 9.17) is 4.74 Å². The molecule has 4 rings (SSSR count). The van der Waals surface area contributed by atoms with Gasteiger partial charge in [-0.3, -0.25) is 0 Å². The lowest BCUT2D eigenvalue weighted by Crippen LogP contribution is -2.00. The number of rotatable bonds is 12. The molecule has 0 saturated carbocycles. The molecule has 4 aromatic carbocycles. The Labute approximate surface area is 246 Å². The van der Waals surface area contributed by atoms with Crippen LogP contribution in [-0.2, 0) is 12.8 Å². The summed E-state index contributed by atoms with van der Waals surface area (Å²) in [7, 11) is 0. The van der Waals surface area contributed by atoms with Crippen LogP contribution in [0.2, 0.25) is 0 Å². The van der Waals surface area contributed by atoms with Crippen molar-refractivity contribution >= 4 is 5.83 Å². The first-order valence-corrected chi connectivity index (χ1v) is 14.2. The van der Waals surface area contributed by atoms with Crippen LogP contribution in [-0.4, -0.2) is 6.61 Å². The fraction of sp³-hybridized carbons (Fsp3) is 0.257. The van der Waals surface area contributed by atoms with Crippen LogP contribution < -0.4 is 4.74 Å². The van der Waals surface area contributed by atoms with E-state index in [9.17, 15) is 22.0 Å². The van der Waals surface area contributed by atoms with Gasteiger partial charge in [-0.1, -0.05) is 56.2 Å². The average Bonchev–Trinajstić information content (AvgIpc) is 2.97. The van der Waals surface area contributed by atoms with Gasteiger partial charge in [0.1, 0.15) is 23.3 Å². The summed E-state index contributed by atoms with van der Waals surface area (Å²) >= 11 is 0. The number of hydrogen-bond acceptors (Lipinski definition) is 1.